The molecular formula is C14H16N2O2S. The van der Waals surface area contributed by atoms with Gasteiger partial charge in [-0.1, -0.05) is 0 Å². The van der Waals surface area contributed by atoms with E-state index in [4.69, 9.17) is 4.42 Å². The van der Waals surface area contributed by atoms with Crippen LogP contribution in [-0.2, 0) is 11.2 Å². The van der Waals surface area contributed by atoms with E-state index in [0.717, 1.165) is 35.8 Å². The van der Waals surface area contributed by atoms with E-state index in [0.29, 0.717) is 12.5 Å². The lowest BCUT2D eigenvalue weighted by Crippen LogP contribution is -2.34. The summed E-state index contributed by atoms with van der Waals surface area (Å²) in [5, 5.41) is 2.78. The van der Waals surface area contributed by atoms with Crippen LogP contribution in [0.5, 0.6) is 0 Å². The van der Waals surface area contributed by atoms with Crippen LogP contribution in [0.1, 0.15) is 25.5 Å². The number of amides is 1. The number of hydrogen-bond acceptors (Lipinski definition) is 4. The van der Waals surface area contributed by atoms with Crippen LogP contribution in [0, 0.1) is 0 Å². The summed E-state index contributed by atoms with van der Waals surface area (Å²) in [6.07, 6.45) is 4.32. The number of likely N-dealkylation sites (N-methyl/N-ethyl adjacent to an activating group) is 1. The molecule has 1 saturated carbocycles. The standard InChI is InChI=1S/C14H16N2O2S/c1-2-16(11-5-6-11)13(17)8-10-9-19-14(15-10)12-4-3-7-18-12/h3-4,7,9,11H,2,5-6,8H2,1H3. The van der Waals surface area contributed by atoms with Crippen molar-refractivity contribution in [1.29, 1.82) is 0 Å². The summed E-state index contributed by atoms with van der Waals surface area (Å²) in [7, 11) is 0. The van der Waals surface area contributed by atoms with Crippen molar-refractivity contribution in [2.45, 2.75) is 32.2 Å². The zero-order valence-electron chi connectivity index (χ0n) is 10.8. The van der Waals surface area contributed by atoms with Gasteiger partial charge in [-0.05, 0) is 31.9 Å². The van der Waals surface area contributed by atoms with E-state index in [9.17, 15) is 4.79 Å². The average molecular weight is 276 g/mol. The number of carbonyl (C=O) groups excluding carboxylic acids is 1. The molecule has 1 fully saturated rings. The summed E-state index contributed by atoms with van der Waals surface area (Å²) in [5.74, 6) is 0.944. The first kappa shape index (κ1) is 12.4. The Hall–Kier alpha value is -1.62. The van der Waals surface area contributed by atoms with Gasteiger partial charge in [-0.15, -0.1) is 11.3 Å². The fourth-order valence-electron chi connectivity index (χ4n) is 2.18. The van der Waals surface area contributed by atoms with Crippen LogP contribution >= 0.6 is 11.3 Å². The molecule has 1 aliphatic rings. The zero-order valence-corrected chi connectivity index (χ0v) is 11.7. The van der Waals surface area contributed by atoms with Crippen LogP contribution in [0.25, 0.3) is 10.8 Å². The van der Waals surface area contributed by atoms with Crippen molar-refractivity contribution >= 4 is 17.2 Å². The molecule has 0 radical (unpaired) electrons. The minimum absolute atomic E-state index is 0.182. The number of rotatable bonds is 5. The lowest BCUT2D eigenvalue weighted by molar-refractivity contribution is -0.130. The van der Waals surface area contributed by atoms with Gasteiger partial charge in [-0.3, -0.25) is 4.79 Å². The van der Waals surface area contributed by atoms with Gasteiger partial charge in [-0.2, -0.15) is 0 Å². The van der Waals surface area contributed by atoms with E-state index in [1.807, 2.05) is 29.3 Å². The first-order chi connectivity index (χ1) is 9.28. The van der Waals surface area contributed by atoms with Crippen LogP contribution in [0.3, 0.4) is 0 Å². The first-order valence-electron chi connectivity index (χ1n) is 6.55. The van der Waals surface area contributed by atoms with Gasteiger partial charge in [-0.25, -0.2) is 4.98 Å². The Kier molecular flexibility index (Phi) is 3.38. The molecule has 19 heavy (non-hydrogen) atoms. The van der Waals surface area contributed by atoms with Crippen molar-refractivity contribution in [2.24, 2.45) is 0 Å². The lowest BCUT2D eigenvalue weighted by atomic mass is 10.3. The van der Waals surface area contributed by atoms with Gasteiger partial charge >= 0.3 is 0 Å². The van der Waals surface area contributed by atoms with Crippen molar-refractivity contribution in [3.63, 3.8) is 0 Å². The second kappa shape index (κ2) is 5.17. The molecular weight excluding hydrogens is 260 g/mol. The third kappa shape index (κ3) is 2.71. The maximum absolute atomic E-state index is 12.2. The molecule has 0 unspecified atom stereocenters. The number of nitrogens with zero attached hydrogens (tertiary/aromatic N) is 2. The third-order valence-corrected chi connectivity index (χ3v) is 4.17. The predicted molar refractivity (Wildman–Crippen MR) is 73.9 cm³/mol. The smallest absolute Gasteiger partial charge is 0.228 e. The number of carbonyl (C=O) groups is 1. The molecule has 1 amide bonds. The SMILES string of the molecule is CCN(C(=O)Cc1csc(-c2ccco2)n1)C1CC1. The second-order valence-corrected chi connectivity index (χ2v) is 5.57. The number of thiazole rings is 1. The summed E-state index contributed by atoms with van der Waals surface area (Å²) in [4.78, 5) is 18.6. The van der Waals surface area contributed by atoms with Crippen LogP contribution in [0.15, 0.2) is 28.2 Å². The molecule has 0 bridgehead atoms. The molecule has 2 heterocycles. The fraction of sp³-hybridized carbons (Fsp3) is 0.429. The third-order valence-electron chi connectivity index (χ3n) is 3.26. The summed E-state index contributed by atoms with van der Waals surface area (Å²) >= 11 is 1.52. The van der Waals surface area contributed by atoms with E-state index in [1.165, 1.54) is 11.3 Å². The molecule has 2 aromatic heterocycles. The monoisotopic (exact) mass is 276 g/mol. The van der Waals surface area contributed by atoms with Gasteiger partial charge in [0, 0.05) is 18.0 Å². The quantitative estimate of drug-likeness (QED) is 0.843. The molecule has 0 N–H and O–H groups in total. The molecule has 4 nitrogen and oxygen atoms in total. The van der Waals surface area contributed by atoms with Gasteiger partial charge < -0.3 is 9.32 Å². The lowest BCUT2D eigenvalue weighted by Gasteiger charge is -2.19. The summed E-state index contributed by atoms with van der Waals surface area (Å²) in [6, 6.07) is 4.20. The minimum Gasteiger partial charge on any atom is -0.462 e. The predicted octanol–water partition coefficient (Wildman–Crippen LogP) is 2.96. The molecule has 0 spiro atoms. The summed E-state index contributed by atoms with van der Waals surface area (Å²) < 4.78 is 5.31. The van der Waals surface area contributed by atoms with Crippen LogP contribution in [0.4, 0.5) is 0 Å². The number of hydrogen-bond donors (Lipinski definition) is 0. The van der Waals surface area contributed by atoms with E-state index in [1.54, 1.807) is 6.26 Å². The Morgan fingerprint density at radius 1 is 1.58 bits per heavy atom. The van der Waals surface area contributed by atoms with Crippen molar-refractivity contribution in [3.8, 4) is 10.8 Å². The van der Waals surface area contributed by atoms with Gasteiger partial charge in [0.2, 0.25) is 5.91 Å². The highest BCUT2D eigenvalue weighted by molar-refractivity contribution is 7.13. The van der Waals surface area contributed by atoms with Crippen LogP contribution in [0.2, 0.25) is 0 Å². The van der Waals surface area contributed by atoms with Gasteiger partial charge in [0.15, 0.2) is 10.8 Å². The minimum atomic E-state index is 0.182. The van der Waals surface area contributed by atoms with Crippen LogP contribution in [-0.4, -0.2) is 28.4 Å². The van der Waals surface area contributed by atoms with Gasteiger partial charge in [0.05, 0.1) is 18.4 Å². The average Bonchev–Trinajstić information content (AvgIpc) is 2.93. The molecule has 0 saturated heterocycles. The summed E-state index contributed by atoms with van der Waals surface area (Å²) in [5.41, 5.74) is 0.834. The Morgan fingerprint density at radius 3 is 3.05 bits per heavy atom. The second-order valence-electron chi connectivity index (χ2n) is 4.71. The van der Waals surface area contributed by atoms with Crippen molar-refractivity contribution < 1.29 is 9.21 Å². The topological polar surface area (TPSA) is 46.3 Å². The molecule has 0 aromatic carbocycles. The Balaban J connectivity index is 1.68. The zero-order chi connectivity index (χ0) is 13.2. The van der Waals surface area contributed by atoms with E-state index >= 15 is 0 Å². The highest BCUT2D eigenvalue weighted by atomic mass is 32.1. The van der Waals surface area contributed by atoms with Crippen molar-refractivity contribution in [1.82, 2.24) is 9.88 Å². The van der Waals surface area contributed by atoms with Gasteiger partial charge in [0.1, 0.15) is 0 Å². The molecule has 0 aliphatic heterocycles. The number of furan rings is 1. The molecule has 0 atom stereocenters. The Bertz CT molecular complexity index is 558. The van der Waals surface area contributed by atoms with E-state index in [2.05, 4.69) is 4.98 Å². The van der Waals surface area contributed by atoms with E-state index < -0.39 is 0 Å². The van der Waals surface area contributed by atoms with Crippen LogP contribution < -0.4 is 0 Å². The normalized spacial score (nSPS) is 14.6. The molecule has 3 rings (SSSR count). The molecule has 100 valence electrons. The van der Waals surface area contributed by atoms with Gasteiger partial charge in [0.25, 0.3) is 0 Å². The fourth-order valence-corrected chi connectivity index (χ4v) is 2.97. The molecule has 5 heteroatoms. The van der Waals surface area contributed by atoms with E-state index in [-0.39, 0.29) is 5.91 Å². The maximum Gasteiger partial charge on any atom is 0.228 e. The molecule has 1 aliphatic carbocycles. The van der Waals surface area contributed by atoms with Crippen molar-refractivity contribution in [3.05, 3.63) is 29.5 Å². The largest absolute Gasteiger partial charge is 0.462 e. The number of aromatic nitrogens is 1. The van der Waals surface area contributed by atoms with Crippen molar-refractivity contribution in [2.75, 3.05) is 6.54 Å². The maximum atomic E-state index is 12.2. The summed E-state index contributed by atoms with van der Waals surface area (Å²) in [6.45, 7) is 2.82. The highest BCUT2D eigenvalue weighted by Crippen LogP contribution is 2.28. The highest BCUT2D eigenvalue weighted by Gasteiger charge is 2.31. The molecule has 2 aromatic rings. The first-order valence-corrected chi connectivity index (χ1v) is 7.43. The Labute approximate surface area is 116 Å². The Morgan fingerprint density at radius 2 is 2.42 bits per heavy atom.